The molecular formula is C12H20O2. The van der Waals surface area contributed by atoms with E-state index < -0.39 is 5.60 Å². The van der Waals surface area contributed by atoms with E-state index >= 15 is 0 Å². The van der Waals surface area contributed by atoms with E-state index in [4.69, 9.17) is 0 Å². The summed E-state index contributed by atoms with van der Waals surface area (Å²) in [6, 6.07) is 0. The molecule has 0 atom stereocenters. The Morgan fingerprint density at radius 1 is 1.00 bits per heavy atom. The highest BCUT2D eigenvalue weighted by molar-refractivity contribution is 5.60. The van der Waals surface area contributed by atoms with Gasteiger partial charge in [-0.15, -0.1) is 0 Å². The molecule has 0 saturated heterocycles. The number of carbonyl (C=O) groups excluding carboxylic acids is 1. The van der Waals surface area contributed by atoms with E-state index in [2.05, 4.69) is 0 Å². The lowest BCUT2D eigenvalue weighted by molar-refractivity contribution is -0.120. The second kappa shape index (κ2) is 3.65. The summed E-state index contributed by atoms with van der Waals surface area (Å²) in [6.07, 6.45) is 10.2. The number of hydrogen-bond acceptors (Lipinski definition) is 2. The van der Waals surface area contributed by atoms with Crippen LogP contribution in [0.25, 0.3) is 0 Å². The molecule has 0 bridgehead atoms. The van der Waals surface area contributed by atoms with Crippen LogP contribution in [0.1, 0.15) is 57.8 Å². The molecule has 0 unspecified atom stereocenters. The van der Waals surface area contributed by atoms with Crippen molar-refractivity contribution < 1.29 is 9.90 Å². The average Bonchev–Trinajstić information content (AvgIpc) is 2.76. The quantitative estimate of drug-likeness (QED) is 0.704. The van der Waals surface area contributed by atoms with Crippen LogP contribution in [0.15, 0.2) is 0 Å². The van der Waals surface area contributed by atoms with Gasteiger partial charge in [0.1, 0.15) is 6.29 Å². The molecule has 2 rings (SSSR count). The zero-order chi connectivity index (χ0) is 10.1. The molecule has 0 aromatic rings. The van der Waals surface area contributed by atoms with Crippen molar-refractivity contribution >= 4 is 6.29 Å². The molecule has 0 radical (unpaired) electrons. The monoisotopic (exact) mass is 196 g/mol. The van der Waals surface area contributed by atoms with Crippen molar-refractivity contribution in [2.24, 2.45) is 5.41 Å². The predicted octanol–water partition coefficient (Wildman–Crippen LogP) is 2.44. The molecule has 2 nitrogen and oxygen atoms in total. The van der Waals surface area contributed by atoms with Crippen LogP contribution in [0.4, 0.5) is 0 Å². The maximum absolute atomic E-state index is 11.1. The number of rotatable bonds is 3. The first-order valence-electron chi connectivity index (χ1n) is 5.87. The standard InChI is InChI=1S/C12H20O2/c13-10-11(5-1-2-6-11)9-12(14)7-3-4-8-12/h10,14H,1-9H2. The fraction of sp³-hybridized carbons (Fsp3) is 0.917. The van der Waals surface area contributed by atoms with Crippen LogP contribution in [0.3, 0.4) is 0 Å². The number of aliphatic hydroxyl groups is 1. The van der Waals surface area contributed by atoms with Gasteiger partial charge in [0.2, 0.25) is 0 Å². The van der Waals surface area contributed by atoms with Crippen LogP contribution in [0, 0.1) is 5.41 Å². The van der Waals surface area contributed by atoms with Crippen LogP contribution < -0.4 is 0 Å². The number of aldehydes is 1. The van der Waals surface area contributed by atoms with Gasteiger partial charge in [0.15, 0.2) is 0 Å². The molecule has 80 valence electrons. The number of hydrogen-bond donors (Lipinski definition) is 1. The van der Waals surface area contributed by atoms with Crippen LogP contribution in [-0.2, 0) is 4.79 Å². The third-order valence-electron chi connectivity index (χ3n) is 4.06. The Morgan fingerprint density at radius 3 is 2.00 bits per heavy atom. The van der Waals surface area contributed by atoms with Gasteiger partial charge in [-0.1, -0.05) is 25.7 Å². The smallest absolute Gasteiger partial charge is 0.126 e. The highest BCUT2D eigenvalue weighted by Crippen LogP contribution is 2.46. The summed E-state index contributed by atoms with van der Waals surface area (Å²) in [6.45, 7) is 0. The Morgan fingerprint density at radius 2 is 1.50 bits per heavy atom. The van der Waals surface area contributed by atoms with Crippen molar-refractivity contribution in [3.8, 4) is 0 Å². The Bertz CT molecular complexity index is 210. The van der Waals surface area contributed by atoms with Crippen LogP contribution >= 0.6 is 0 Å². The van der Waals surface area contributed by atoms with Crippen molar-refractivity contribution in [3.63, 3.8) is 0 Å². The first-order valence-corrected chi connectivity index (χ1v) is 5.87. The van der Waals surface area contributed by atoms with Crippen molar-refractivity contribution in [2.45, 2.75) is 63.4 Å². The molecule has 2 fully saturated rings. The number of carbonyl (C=O) groups is 1. The van der Waals surface area contributed by atoms with Gasteiger partial charge in [-0.2, -0.15) is 0 Å². The largest absolute Gasteiger partial charge is 0.390 e. The molecule has 0 aromatic carbocycles. The summed E-state index contributed by atoms with van der Waals surface area (Å²) in [5.74, 6) is 0. The first-order chi connectivity index (χ1) is 6.68. The van der Waals surface area contributed by atoms with Gasteiger partial charge in [-0.3, -0.25) is 0 Å². The highest BCUT2D eigenvalue weighted by Gasteiger charge is 2.43. The fourth-order valence-electron chi connectivity index (χ4n) is 3.28. The Hall–Kier alpha value is -0.370. The van der Waals surface area contributed by atoms with E-state index in [-0.39, 0.29) is 5.41 Å². The lowest BCUT2D eigenvalue weighted by Crippen LogP contribution is -2.34. The van der Waals surface area contributed by atoms with Gasteiger partial charge in [0.05, 0.1) is 5.60 Å². The van der Waals surface area contributed by atoms with Gasteiger partial charge >= 0.3 is 0 Å². The van der Waals surface area contributed by atoms with Crippen molar-refractivity contribution in [1.82, 2.24) is 0 Å². The Balaban J connectivity index is 2.03. The maximum Gasteiger partial charge on any atom is 0.126 e. The molecule has 2 saturated carbocycles. The average molecular weight is 196 g/mol. The summed E-state index contributed by atoms with van der Waals surface area (Å²) in [5, 5.41) is 10.3. The zero-order valence-corrected chi connectivity index (χ0v) is 8.80. The van der Waals surface area contributed by atoms with Gasteiger partial charge in [0, 0.05) is 5.41 Å². The van der Waals surface area contributed by atoms with Gasteiger partial charge < -0.3 is 9.90 Å². The molecule has 2 heteroatoms. The highest BCUT2D eigenvalue weighted by atomic mass is 16.3. The van der Waals surface area contributed by atoms with Crippen LogP contribution in [-0.4, -0.2) is 17.0 Å². The second-order valence-corrected chi connectivity index (χ2v) is 5.30. The van der Waals surface area contributed by atoms with E-state index in [9.17, 15) is 9.90 Å². The third kappa shape index (κ3) is 1.85. The molecule has 0 spiro atoms. The van der Waals surface area contributed by atoms with Crippen LogP contribution in [0.5, 0.6) is 0 Å². The molecule has 0 aromatic heterocycles. The fourth-order valence-corrected chi connectivity index (χ4v) is 3.28. The third-order valence-corrected chi connectivity index (χ3v) is 4.06. The maximum atomic E-state index is 11.1. The van der Waals surface area contributed by atoms with Crippen molar-refractivity contribution in [3.05, 3.63) is 0 Å². The lowest BCUT2D eigenvalue weighted by atomic mass is 9.76. The van der Waals surface area contributed by atoms with Crippen LogP contribution in [0.2, 0.25) is 0 Å². The normalized spacial score (nSPS) is 29.2. The molecule has 0 heterocycles. The SMILES string of the molecule is O=CC1(CC2(O)CCCC2)CCCC1. The topological polar surface area (TPSA) is 37.3 Å². The second-order valence-electron chi connectivity index (χ2n) is 5.30. The molecule has 0 aliphatic heterocycles. The van der Waals surface area contributed by atoms with E-state index in [1.54, 1.807) is 0 Å². The molecule has 14 heavy (non-hydrogen) atoms. The van der Waals surface area contributed by atoms with Crippen molar-refractivity contribution in [1.29, 1.82) is 0 Å². The van der Waals surface area contributed by atoms with Gasteiger partial charge in [-0.25, -0.2) is 0 Å². The molecule has 2 aliphatic rings. The Kier molecular flexibility index (Phi) is 2.65. The summed E-state index contributed by atoms with van der Waals surface area (Å²) >= 11 is 0. The summed E-state index contributed by atoms with van der Waals surface area (Å²) in [7, 11) is 0. The molecule has 0 amide bonds. The summed E-state index contributed by atoms with van der Waals surface area (Å²) in [4.78, 5) is 11.1. The predicted molar refractivity (Wildman–Crippen MR) is 55.0 cm³/mol. The lowest BCUT2D eigenvalue weighted by Gasteiger charge is -2.32. The van der Waals surface area contributed by atoms with Gasteiger partial charge in [-0.05, 0) is 32.1 Å². The molecule has 2 aliphatic carbocycles. The summed E-state index contributed by atoms with van der Waals surface area (Å²) in [5.41, 5.74) is -0.676. The van der Waals surface area contributed by atoms with E-state index in [0.717, 1.165) is 64.1 Å². The minimum atomic E-state index is -0.509. The Labute approximate surface area is 85.7 Å². The molecule has 1 N–H and O–H groups in total. The zero-order valence-electron chi connectivity index (χ0n) is 8.80. The minimum absolute atomic E-state index is 0.168. The minimum Gasteiger partial charge on any atom is -0.390 e. The van der Waals surface area contributed by atoms with Gasteiger partial charge in [0.25, 0.3) is 0 Å². The molecular weight excluding hydrogens is 176 g/mol. The van der Waals surface area contributed by atoms with E-state index in [1.165, 1.54) is 0 Å². The summed E-state index contributed by atoms with van der Waals surface area (Å²) < 4.78 is 0. The van der Waals surface area contributed by atoms with E-state index in [1.807, 2.05) is 0 Å². The first kappa shape index (κ1) is 10.2. The van der Waals surface area contributed by atoms with Crippen molar-refractivity contribution in [2.75, 3.05) is 0 Å². The van der Waals surface area contributed by atoms with E-state index in [0.29, 0.717) is 0 Å².